The fourth-order valence-corrected chi connectivity index (χ4v) is 2.84. The lowest BCUT2D eigenvalue weighted by Crippen LogP contribution is -2.25. The number of hydrogen-bond donors (Lipinski definition) is 1. The molecule has 5 heteroatoms. The Morgan fingerprint density at radius 2 is 2.40 bits per heavy atom. The van der Waals surface area contributed by atoms with Crippen LogP contribution in [0.3, 0.4) is 0 Å². The molecule has 1 unspecified atom stereocenters. The highest BCUT2D eigenvalue weighted by Crippen LogP contribution is 2.25. The number of nitrogens with one attached hydrogen (secondary N) is 1. The molecule has 1 atom stereocenters. The number of hydrogen-bond acceptors (Lipinski definition) is 4. The van der Waals surface area contributed by atoms with Gasteiger partial charge in [0.15, 0.2) is 0 Å². The zero-order valence-electron chi connectivity index (χ0n) is 12.2. The van der Waals surface area contributed by atoms with Crippen molar-refractivity contribution < 1.29 is 4.74 Å². The van der Waals surface area contributed by atoms with Crippen LogP contribution >= 0.6 is 11.3 Å². The van der Waals surface area contributed by atoms with E-state index in [4.69, 9.17) is 4.74 Å². The summed E-state index contributed by atoms with van der Waals surface area (Å²) in [5, 5.41) is 5.57. The molecule has 2 aromatic heterocycles. The fourth-order valence-electron chi connectivity index (χ4n) is 2.12. The predicted octanol–water partition coefficient (Wildman–Crippen LogP) is 3.19. The molecule has 2 aromatic rings. The van der Waals surface area contributed by atoms with Crippen molar-refractivity contribution in [3.63, 3.8) is 0 Å². The van der Waals surface area contributed by atoms with Crippen LogP contribution < -0.4 is 5.32 Å². The van der Waals surface area contributed by atoms with Crippen molar-refractivity contribution in [3.8, 4) is 10.7 Å². The van der Waals surface area contributed by atoms with Crippen LogP contribution in [-0.4, -0.2) is 35.9 Å². The van der Waals surface area contributed by atoms with E-state index in [0.717, 1.165) is 38.5 Å². The van der Waals surface area contributed by atoms with Crippen molar-refractivity contribution in [1.82, 2.24) is 14.9 Å². The van der Waals surface area contributed by atoms with Crippen molar-refractivity contribution in [2.24, 2.45) is 0 Å². The first-order chi connectivity index (χ1) is 9.83. The minimum absolute atomic E-state index is 0.390. The Morgan fingerprint density at radius 1 is 1.50 bits per heavy atom. The highest BCUT2D eigenvalue weighted by molar-refractivity contribution is 7.13. The number of aromatic nitrogens is 2. The van der Waals surface area contributed by atoms with E-state index >= 15 is 0 Å². The van der Waals surface area contributed by atoms with Crippen molar-refractivity contribution in [2.75, 3.05) is 26.3 Å². The molecule has 2 heterocycles. The molecule has 110 valence electrons. The molecule has 0 amide bonds. The zero-order valence-corrected chi connectivity index (χ0v) is 13.0. The number of imidazole rings is 1. The minimum atomic E-state index is 0.390. The van der Waals surface area contributed by atoms with E-state index < -0.39 is 0 Å². The smallest absolute Gasteiger partial charge is 0.150 e. The highest BCUT2D eigenvalue weighted by atomic mass is 32.1. The molecule has 4 nitrogen and oxygen atoms in total. The zero-order chi connectivity index (χ0) is 14.2. The summed E-state index contributed by atoms with van der Waals surface area (Å²) in [7, 11) is 0. The molecule has 1 N–H and O–H groups in total. The van der Waals surface area contributed by atoms with E-state index in [1.54, 1.807) is 11.3 Å². The maximum atomic E-state index is 5.33. The van der Waals surface area contributed by atoms with Gasteiger partial charge in [0.25, 0.3) is 0 Å². The van der Waals surface area contributed by atoms with E-state index in [2.05, 4.69) is 45.5 Å². The largest absolute Gasteiger partial charge is 0.382 e. The Balaban J connectivity index is 1.81. The van der Waals surface area contributed by atoms with Gasteiger partial charge in [-0.15, -0.1) is 11.3 Å². The number of ether oxygens (including phenoxy) is 1. The summed E-state index contributed by atoms with van der Waals surface area (Å²) < 4.78 is 7.56. The molecular formula is C15H23N3OS. The molecule has 0 bridgehead atoms. The fraction of sp³-hybridized carbons (Fsp3) is 0.533. The van der Waals surface area contributed by atoms with Crippen LogP contribution in [0.15, 0.2) is 29.9 Å². The minimum Gasteiger partial charge on any atom is -0.382 e. The van der Waals surface area contributed by atoms with Gasteiger partial charge < -0.3 is 14.6 Å². The molecule has 2 rings (SSSR count). The molecule has 0 saturated heterocycles. The normalized spacial score (nSPS) is 12.7. The lowest BCUT2D eigenvalue weighted by atomic mass is 10.3. The third kappa shape index (κ3) is 4.16. The van der Waals surface area contributed by atoms with E-state index in [-0.39, 0.29) is 0 Å². The van der Waals surface area contributed by atoms with Gasteiger partial charge in [-0.05, 0) is 38.3 Å². The van der Waals surface area contributed by atoms with Crippen molar-refractivity contribution in [3.05, 3.63) is 29.9 Å². The molecule has 0 saturated carbocycles. The van der Waals surface area contributed by atoms with E-state index in [1.165, 1.54) is 4.88 Å². The van der Waals surface area contributed by atoms with Gasteiger partial charge in [-0.2, -0.15) is 0 Å². The van der Waals surface area contributed by atoms with Crippen LogP contribution in [0.4, 0.5) is 0 Å². The first-order valence-corrected chi connectivity index (χ1v) is 8.06. The second-order valence-corrected chi connectivity index (χ2v) is 5.69. The van der Waals surface area contributed by atoms with Crippen LogP contribution in [0.25, 0.3) is 10.7 Å². The van der Waals surface area contributed by atoms with Gasteiger partial charge in [0.1, 0.15) is 5.82 Å². The first kappa shape index (κ1) is 15.2. The summed E-state index contributed by atoms with van der Waals surface area (Å²) >= 11 is 1.73. The maximum Gasteiger partial charge on any atom is 0.150 e. The van der Waals surface area contributed by atoms with Gasteiger partial charge in [0.2, 0.25) is 0 Å². The standard InChI is InChI=1S/C15H23N3OS/c1-3-19-10-5-7-16-12-13(2)18-9-8-17-15(18)14-6-4-11-20-14/h4,6,8-9,11,13,16H,3,5,7,10,12H2,1-2H3. The summed E-state index contributed by atoms with van der Waals surface area (Å²) in [6.45, 7) is 7.82. The van der Waals surface area contributed by atoms with Crippen molar-refractivity contribution >= 4 is 11.3 Å². The molecule has 0 aliphatic rings. The van der Waals surface area contributed by atoms with Gasteiger partial charge in [-0.1, -0.05) is 6.07 Å². The summed E-state index contributed by atoms with van der Waals surface area (Å²) in [5.74, 6) is 1.06. The second kappa shape index (κ2) is 8.19. The monoisotopic (exact) mass is 293 g/mol. The van der Waals surface area contributed by atoms with Gasteiger partial charge in [0, 0.05) is 38.2 Å². The topological polar surface area (TPSA) is 39.1 Å². The second-order valence-electron chi connectivity index (χ2n) is 4.74. The molecule has 0 aromatic carbocycles. The summed E-state index contributed by atoms with van der Waals surface area (Å²) in [6.07, 6.45) is 4.99. The van der Waals surface area contributed by atoms with Crippen LogP contribution in [-0.2, 0) is 4.74 Å². The van der Waals surface area contributed by atoms with Crippen LogP contribution in [0.2, 0.25) is 0 Å². The average Bonchev–Trinajstić information content (AvgIpc) is 3.11. The predicted molar refractivity (Wildman–Crippen MR) is 84.2 cm³/mol. The number of rotatable bonds is 9. The molecule has 0 aliphatic heterocycles. The molecular weight excluding hydrogens is 270 g/mol. The summed E-state index contributed by atoms with van der Waals surface area (Å²) in [4.78, 5) is 5.69. The Labute approximate surface area is 124 Å². The lowest BCUT2D eigenvalue weighted by Gasteiger charge is -2.16. The maximum absolute atomic E-state index is 5.33. The number of nitrogens with zero attached hydrogens (tertiary/aromatic N) is 2. The Kier molecular flexibility index (Phi) is 6.24. The van der Waals surface area contributed by atoms with Crippen LogP contribution in [0.5, 0.6) is 0 Å². The quantitative estimate of drug-likeness (QED) is 0.722. The Morgan fingerprint density at radius 3 is 3.15 bits per heavy atom. The third-order valence-electron chi connectivity index (χ3n) is 3.17. The highest BCUT2D eigenvalue weighted by Gasteiger charge is 2.11. The summed E-state index contributed by atoms with van der Waals surface area (Å²) in [5.41, 5.74) is 0. The summed E-state index contributed by atoms with van der Waals surface area (Å²) in [6, 6.07) is 4.57. The Hall–Kier alpha value is -1.17. The van der Waals surface area contributed by atoms with Crippen molar-refractivity contribution in [1.29, 1.82) is 0 Å². The first-order valence-electron chi connectivity index (χ1n) is 7.18. The van der Waals surface area contributed by atoms with Crippen molar-refractivity contribution in [2.45, 2.75) is 26.3 Å². The molecule has 0 fully saturated rings. The van der Waals surface area contributed by atoms with Crippen LogP contribution in [0.1, 0.15) is 26.3 Å². The third-order valence-corrected chi connectivity index (χ3v) is 4.04. The Bertz CT molecular complexity index is 481. The molecule has 20 heavy (non-hydrogen) atoms. The van der Waals surface area contributed by atoms with Gasteiger partial charge in [0.05, 0.1) is 4.88 Å². The molecule has 0 spiro atoms. The van der Waals surface area contributed by atoms with E-state index in [9.17, 15) is 0 Å². The van der Waals surface area contributed by atoms with Gasteiger partial charge >= 0.3 is 0 Å². The van der Waals surface area contributed by atoms with E-state index in [1.807, 2.05) is 13.1 Å². The lowest BCUT2D eigenvalue weighted by molar-refractivity contribution is 0.144. The molecule has 0 aliphatic carbocycles. The molecule has 0 radical (unpaired) electrons. The number of thiophene rings is 1. The van der Waals surface area contributed by atoms with E-state index in [0.29, 0.717) is 6.04 Å². The van der Waals surface area contributed by atoms with Crippen LogP contribution in [0, 0.1) is 0 Å². The van der Waals surface area contributed by atoms with Gasteiger partial charge in [-0.25, -0.2) is 4.98 Å². The average molecular weight is 293 g/mol. The van der Waals surface area contributed by atoms with Gasteiger partial charge in [-0.3, -0.25) is 0 Å². The SMILES string of the molecule is CCOCCCNCC(C)n1ccnc1-c1cccs1.